The first-order chi connectivity index (χ1) is 7.15. The second-order valence-electron chi connectivity index (χ2n) is 3.44. The summed E-state index contributed by atoms with van der Waals surface area (Å²) < 4.78 is 0. The zero-order chi connectivity index (χ0) is 11.3. The standard InChI is InChI=1S/C11H17N3O/c1-4-9-7-8(2)13-10(14-9)5-6-11(15)12-3/h7H,4-6H2,1-3H3,(H,12,15). The normalized spacial score (nSPS) is 10.1. The first kappa shape index (κ1) is 11.6. The molecule has 0 spiro atoms. The number of nitrogens with one attached hydrogen (secondary N) is 1. The fraction of sp³-hybridized carbons (Fsp3) is 0.545. The van der Waals surface area contributed by atoms with Crippen LogP contribution in [0.1, 0.15) is 30.6 Å². The Bertz CT molecular complexity index is 350. The summed E-state index contributed by atoms with van der Waals surface area (Å²) in [6.45, 7) is 4.01. The molecule has 0 bridgehead atoms. The van der Waals surface area contributed by atoms with Gasteiger partial charge in [0.1, 0.15) is 5.82 Å². The average molecular weight is 207 g/mol. The van der Waals surface area contributed by atoms with E-state index < -0.39 is 0 Å². The Hall–Kier alpha value is -1.45. The molecule has 0 aliphatic heterocycles. The number of carbonyl (C=O) groups excluding carboxylic acids is 1. The summed E-state index contributed by atoms with van der Waals surface area (Å²) >= 11 is 0. The first-order valence-corrected chi connectivity index (χ1v) is 5.19. The zero-order valence-corrected chi connectivity index (χ0v) is 9.50. The van der Waals surface area contributed by atoms with E-state index in [1.54, 1.807) is 7.05 Å². The smallest absolute Gasteiger partial charge is 0.220 e. The molecular weight excluding hydrogens is 190 g/mol. The van der Waals surface area contributed by atoms with Crippen LogP contribution in [0.3, 0.4) is 0 Å². The maximum absolute atomic E-state index is 11.1. The van der Waals surface area contributed by atoms with Crippen molar-refractivity contribution in [2.75, 3.05) is 7.05 Å². The van der Waals surface area contributed by atoms with Crippen molar-refractivity contribution in [2.45, 2.75) is 33.1 Å². The van der Waals surface area contributed by atoms with E-state index in [1.165, 1.54) is 0 Å². The SMILES string of the molecule is CCc1cc(C)nc(CCC(=O)NC)n1. The second kappa shape index (κ2) is 5.44. The molecule has 0 aliphatic rings. The lowest BCUT2D eigenvalue weighted by atomic mass is 10.2. The van der Waals surface area contributed by atoms with E-state index in [0.717, 1.165) is 23.6 Å². The third-order valence-electron chi connectivity index (χ3n) is 2.17. The predicted molar refractivity (Wildman–Crippen MR) is 58.5 cm³/mol. The Morgan fingerprint density at radius 3 is 2.80 bits per heavy atom. The van der Waals surface area contributed by atoms with Crippen molar-refractivity contribution in [1.29, 1.82) is 0 Å². The third kappa shape index (κ3) is 3.65. The van der Waals surface area contributed by atoms with Gasteiger partial charge in [0.15, 0.2) is 0 Å². The minimum absolute atomic E-state index is 0.0261. The van der Waals surface area contributed by atoms with Gasteiger partial charge in [0.25, 0.3) is 0 Å². The van der Waals surface area contributed by atoms with Gasteiger partial charge in [-0.2, -0.15) is 0 Å². The van der Waals surface area contributed by atoms with Crippen LogP contribution >= 0.6 is 0 Å². The molecule has 1 aromatic heterocycles. The summed E-state index contributed by atoms with van der Waals surface area (Å²) in [6.07, 6.45) is 1.95. The molecule has 1 amide bonds. The summed E-state index contributed by atoms with van der Waals surface area (Å²) in [5, 5.41) is 2.58. The number of rotatable bonds is 4. The van der Waals surface area contributed by atoms with Crippen molar-refractivity contribution in [3.05, 3.63) is 23.3 Å². The molecule has 0 atom stereocenters. The van der Waals surface area contributed by atoms with E-state index in [9.17, 15) is 4.79 Å². The molecule has 0 saturated carbocycles. The Kier molecular flexibility index (Phi) is 4.21. The Morgan fingerprint density at radius 1 is 1.47 bits per heavy atom. The van der Waals surface area contributed by atoms with Gasteiger partial charge in [-0.25, -0.2) is 9.97 Å². The number of nitrogens with zero attached hydrogens (tertiary/aromatic N) is 2. The lowest BCUT2D eigenvalue weighted by molar-refractivity contribution is -0.120. The van der Waals surface area contributed by atoms with Crippen LogP contribution in [0.5, 0.6) is 0 Å². The third-order valence-corrected chi connectivity index (χ3v) is 2.17. The highest BCUT2D eigenvalue weighted by atomic mass is 16.1. The maximum Gasteiger partial charge on any atom is 0.220 e. The monoisotopic (exact) mass is 207 g/mol. The lowest BCUT2D eigenvalue weighted by Crippen LogP contribution is -2.18. The van der Waals surface area contributed by atoms with Crippen LogP contribution in [0.15, 0.2) is 6.07 Å². The molecule has 4 nitrogen and oxygen atoms in total. The van der Waals surface area contributed by atoms with Crippen molar-refractivity contribution in [1.82, 2.24) is 15.3 Å². The van der Waals surface area contributed by atoms with Gasteiger partial charge in [0.2, 0.25) is 5.91 Å². The van der Waals surface area contributed by atoms with Gasteiger partial charge in [-0.15, -0.1) is 0 Å². The molecule has 4 heteroatoms. The van der Waals surface area contributed by atoms with Crippen molar-refractivity contribution in [3.63, 3.8) is 0 Å². The molecular formula is C11H17N3O. The van der Waals surface area contributed by atoms with Gasteiger partial charge in [0, 0.05) is 31.3 Å². The molecule has 1 rings (SSSR count). The van der Waals surface area contributed by atoms with Crippen molar-refractivity contribution >= 4 is 5.91 Å². The molecule has 82 valence electrons. The molecule has 0 aromatic carbocycles. The van der Waals surface area contributed by atoms with Crippen LogP contribution in [0, 0.1) is 6.92 Å². The second-order valence-corrected chi connectivity index (χ2v) is 3.44. The Morgan fingerprint density at radius 2 is 2.20 bits per heavy atom. The average Bonchev–Trinajstić information content (AvgIpc) is 2.25. The molecule has 0 fully saturated rings. The first-order valence-electron chi connectivity index (χ1n) is 5.19. The van der Waals surface area contributed by atoms with Crippen LogP contribution < -0.4 is 5.32 Å². The van der Waals surface area contributed by atoms with E-state index in [2.05, 4.69) is 22.2 Å². The molecule has 1 aromatic rings. The zero-order valence-electron chi connectivity index (χ0n) is 9.50. The van der Waals surface area contributed by atoms with Gasteiger partial charge in [-0.3, -0.25) is 4.79 Å². The molecule has 1 N–H and O–H groups in total. The number of aromatic nitrogens is 2. The molecule has 0 saturated heterocycles. The highest BCUT2D eigenvalue weighted by molar-refractivity contribution is 5.75. The van der Waals surface area contributed by atoms with Crippen LogP contribution in [0.25, 0.3) is 0 Å². The van der Waals surface area contributed by atoms with Crippen molar-refractivity contribution in [2.24, 2.45) is 0 Å². The summed E-state index contributed by atoms with van der Waals surface area (Å²) in [5.74, 6) is 0.786. The van der Waals surface area contributed by atoms with E-state index in [0.29, 0.717) is 12.8 Å². The van der Waals surface area contributed by atoms with Crippen molar-refractivity contribution in [3.8, 4) is 0 Å². The number of carbonyl (C=O) groups is 1. The quantitative estimate of drug-likeness (QED) is 0.802. The van der Waals surface area contributed by atoms with E-state index in [-0.39, 0.29) is 5.91 Å². The molecule has 0 unspecified atom stereocenters. The predicted octanol–water partition coefficient (Wildman–Crippen LogP) is 1.03. The topological polar surface area (TPSA) is 54.9 Å². The number of hydrogen-bond acceptors (Lipinski definition) is 3. The summed E-state index contributed by atoms with van der Waals surface area (Å²) in [5.41, 5.74) is 2.00. The highest BCUT2D eigenvalue weighted by Crippen LogP contribution is 2.03. The van der Waals surface area contributed by atoms with Gasteiger partial charge in [-0.05, 0) is 19.4 Å². The van der Waals surface area contributed by atoms with Crippen LogP contribution in [-0.2, 0) is 17.6 Å². The highest BCUT2D eigenvalue weighted by Gasteiger charge is 2.04. The number of hydrogen-bond donors (Lipinski definition) is 1. The Balaban J connectivity index is 2.68. The van der Waals surface area contributed by atoms with Gasteiger partial charge in [0.05, 0.1) is 0 Å². The summed E-state index contributed by atoms with van der Waals surface area (Å²) in [4.78, 5) is 19.7. The number of amides is 1. The van der Waals surface area contributed by atoms with Crippen LogP contribution in [-0.4, -0.2) is 22.9 Å². The molecule has 1 heterocycles. The maximum atomic E-state index is 11.1. The van der Waals surface area contributed by atoms with E-state index in [4.69, 9.17) is 0 Å². The van der Waals surface area contributed by atoms with Crippen molar-refractivity contribution < 1.29 is 4.79 Å². The van der Waals surface area contributed by atoms with E-state index >= 15 is 0 Å². The fourth-order valence-corrected chi connectivity index (χ4v) is 1.34. The summed E-state index contributed by atoms with van der Waals surface area (Å²) in [7, 11) is 1.64. The van der Waals surface area contributed by atoms with Gasteiger partial charge >= 0.3 is 0 Å². The van der Waals surface area contributed by atoms with Gasteiger partial charge in [-0.1, -0.05) is 6.92 Å². The Labute approximate surface area is 90.1 Å². The largest absolute Gasteiger partial charge is 0.359 e. The molecule has 0 aliphatic carbocycles. The van der Waals surface area contributed by atoms with E-state index in [1.807, 2.05) is 13.0 Å². The minimum atomic E-state index is 0.0261. The summed E-state index contributed by atoms with van der Waals surface area (Å²) in [6, 6.07) is 1.98. The minimum Gasteiger partial charge on any atom is -0.359 e. The fourth-order valence-electron chi connectivity index (χ4n) is 1.34. The molecule has 15 heavy (non-hydrogen) atoms. The van der Waals surface area contributed by atoms with Crippen LogP contribution in [0.2, 0.25) is 0 Å². The van der Waals surface area contributed by atoms with Crippen LogP contribution in [0.4, 0.5) is 0 Å². The lowest BCUT2D eigenvalue weighted by Gasteiger charge is -2.03. The molecule has 0 radical (unpaired) electrons. The van der Waals surface area contributed by atoms with Gasteiger partial charge < -0.3 is 5.32 Å². The number of aryl methyl sites for hydroxylation is 3.